The van der Waals surface area contributed by atoms with Gasteiger partial charge >= 0.3 is 0 Å². The Morgan fingerprint density at radius 2 is 1.96 bits per heavy atom. The van der Waals surface area contributed by atoms with Crippen LogP contribution in [0.2, 0.25) is 5.02 Å². The summed E-state index contributed by atoms with van der Waals surface area (Å²) in [5.74, 6) is 0.278. The molecule has 1 fully saturated rings. The van der Waals surface area contributed by atoms with Crippen LogP contribution in [0.1, 0.15) is 5.56 Å². The fraction of sp³-hybridized carbons (Fsp3) is 0.300. The molecule has 0 unspecified atom stereocenters. The fourth-order valence-corrected chi connectivity index (χ4v) is 3.15. The summed E-state index contributed by atoms with van der Waals surface area (Å²) in [7, 11) is 2.18. The van der Waals surface area contributed by atoms with E-state index in [1.807, 2.05) is 18.2 Å². The van der Waals surface area contributed by atoms with Gasteiger partial charge in [-0.1, -0.05) is 11.6 Å². The van der Waals surface area contributed by atoms with Crippen LogP contribution in [0.4, 0.5) is 11.4 Å². The van der Waals surface area contributed by atoms with Crippen molar-refractivity contribution in [1.82, 2.24) is 0 Å². The number of carbonyl (C=O) groups is 1. The van der Waals surface area contributed by atoms with E-state index in [-0.39, 0.29) is 12.5 Å². The Hall–Kier alpha value is -2.75. The predicted molar refractivity (Wildman–Crippen MR) is 106 cm³/mol. The molecule has 1 aliphatic rings. The Balaban J connectivity index is 1.64. The monoisotopic (exact) mass is 385 g/mol. The second-order valence-electron chi connectivity index (χ2n) is 6.58. The maximum absolute atomic E-state index is 12.4. The lowest BCUT2D eigenvalue weighted by Gasteiger charge is -2.33. The van der Waals surface area contributed by atoms with Gasteiger partial charge in [0, 0.05) is 5.02 Å². The number of benzene rings is 2. The van der Waals surface area contributed by atoms with Gasteiger partial charge in [0.1, 0.15) is 5.75 Å². The van der Waals surface area contributed by atoms with Crippen molar-refractivity contribution in [1.29, 1.82) is 5.26 Å². The summed E-state index contributed by atoms with van der Waals surface area (Å²) in [6.45, 7) is 3.84. The first kappa shape index (κ1) is 19.0. The number of anilines is 2. The standard InChI is InChI=1S/C20H21ClN4O2/c1-24-8-10-25(11-9-24)19-7-4-16(21)12-18(19)23-20(26)14-27-17-5-2-15(13-22)3-6-17/h2-7,12H,8-11,14H2,1H3,(H,23,26)/p+1. The molecule has 0 saturated carbocycles. The lowest BCUT2D eigenvalue weighted by Crippen LogP contribution is -3.12. The topological polar surface area (TPSA) is 69.8 Å². The number of halogens is 1. The average molecular weight is 386 g/mol. The van der Waals surface area contributed by atoms with Crippen LogP contribution in [0.5, 0.6) is 5.75 Å². The first-order valence-electron chi connectivity index (χ1n) is 8.84. The summed E-state index contributed by atoms with van der Waals surface area (Å²) in [5, 5.41) is 12.3. The van der Waals surface area contributed by atoms with Crippen molar-refractivity contribution >= 4 is 28.9 Å². The second-order valence-corrected chi connectivity index (χ2v) is 7.02. The first-order chi connectivity index (χ1) is 13.0. The highest BCUT2D eigenvalue weighted by atomic mass is 35.5. The number of carbonyl (C=O) groups excluding carboxylic acids is 1. The van der Waals surface area contributed by atoms with Gasteiger partial charge in [-0.3, -0.25) is 4.79 Å². The third kappa shape index (κ3) is 5.13. The van der Waals surface area contributed by atoms with Gasteiger partial charge in [0.15, 0.2) is 6.61 Å². The van der Waals surface area contributed by atoms with Crippen LogP contribution >= 0.6 is 11.6 Å². The molecule has 0 aliphatic carbocycles. The van der Waals surface area contributed by atoms with Crippen LogP contribution in [0, 0.1) is 11.3 Å². The molecule has 1 heterocycles. The average Bonchev–Trinajstić information content (AvgIpc) is 2.68. The number of quaternary nitrogens is 1. The molecule has 27 heavy (non-hydrogen) atoms. The van der Waals surface area contributed by atoms with Crippen molar-refractivity contribution in [3.05, 3.63) is 53.1 Å². The number of nitriles is 1. The molecule has 7 heteroatoms. The van der Waals surface area contributed by atoms with Crippen molar-refractivity contribution in [3.8, 4) is 11.8 Å². The number of hydrogen-bond acceptors (Lipinski definition) is 4. The summed E-state index contributed by atoms with van der Waals surface area (Å²) < 4.78 is 5.50. The van der Waals surface area contributed by atoms with Crippen molar-refractivity contribution in [2.45, 2.75) is 0 Å². The van der Waals surface area contributed by atoms with Gasteiger partial charge < -0.3 is 19.9 Å². The molecule has 2 aromatic carbocycles. The SMILES string of the molecule is C[NH+]1CCN(c2ccc(Cl)cc2NC(=O)COc2ccc(C#N)cc2)CC1. The van der Waals surface area contributed by atoms with Crippen LogP contribution in [-0.4, -0.2) is 45.7 Å². The molecule has 0 spiro atoms. The van der Waals surface area contributed by atoms with Gasteiger partial charge in [0.25, 0.3) is 5.91 Å². The van der Waals surface area contributed by atoms with Gasteiger partial charge in [0.2, 0.25) is 0 Å². The zero-order chi connectivity index (χ0) is 19.2. The normalized spacial score (nSPS) is 14.5. The van der Waals surface area contributed by atoms with E-state index in [0.29, 0.717) is 22.0 Å². The van der Waals surface area contributed by atoms with Crippen LogP contribution in [0.15, 0.2) is 42.5 Å². The van der Waals surface area contributed by atoms with E-state index in [0.717, 1.165) is 31.9 Å². The number of nitrogens with zero attached hydrogens (tertiary/aromatic N) is 2. The molecule has 0 atom stereocenters. The van der Waals surface area contributed by atoms with Crippen molar-refractivity contribution in [2.24, 2.45) is 0 Å². The molecule has 6 nitrogen and oxygen atoms in total. The van der Waals surface area contributed by atoms with E-state index in [4.69, 9.17) is 21.6 Å². The highest BCUT2D eigenvalue weighted by Crippen LogP contribution is 2.29. The van der Waals surface area contributed by atoms with Crippen LogP contribution in [0.25, 0.3) is 0 Å². The fourth-order valence-electron chi connectivity index (χ4n) is 2.97. The van der Waals surface area contributed by atoms with E-state index in [9.17, 15) is 4.79 Å². The molecule has 0 radical (unpaired) electrons. The molecule has 0 aromatic heterocycles. The Morgan fingerprint density at radius 3 is 2.63 bits per heavy atom. The van der Waals surface area contributed by atoms with Crippen LogP contribution in [0.3, 0.4) is 0 Å². The third-order valence-electron chi connectivity index (χ3n) is 4.54. The molecular weight excluding hydrogens is 364 g/mol. The number of likely N-dealkylation sites (N-methyl/N-ethyl adjacent to an activating group) is 1. The molecule has 0 bridgehead atoms. The van der Waals surface area contributed by atoms with E-state index in [1.54, 1.807) is 30.3 Å². The Kier molecular flexibility index (Phi) is 6.17. The van der Waals surface area contributed by atoms with Gasteiger partial charge in [-0.15, -0.1) is 0 Å². The van der Waals surface area contributed by atoms with E-state index in [2.05, 4.69) is 17.3 Å². The molecule has 140 valence electrons. The number of hydrogen-bond donors (Lipinski definition) is 2. The van der Waals surface area contributed by atoms with Gasteiger partial charge in [-0.05, 0) is 42.5 Å². The van der Waals surface area contributed by atoms with Crippen molar-refractivity contribution in [3.63, 3.8) is 0 Å². The quantitative estimate of drug-likeness (QED) is 0.819. The van der Waals surface area contributed by atoms with E-state index < -0.39 is 0 Å². The molecule has 3 rings (SSSR count). The maximum Gasteiger partial charge on any atom is 0.262 e. The zero-order valence-electron chi connectivity index (χ0n) is 15.2. The summed E-state index contributed by atoms with van der Waals surface area (Å²) >= 11 is 6.13. The van der Waals surface area contributed by atoms with Gasteiger partial charge in [-0.25, -0.2) is 0 Å². The number of piperazine rings is 1. The number of nitrogens with one attached hydrogen (secondary N) is 2. The second kappa shape index (κ2) is 8.76. The summed E-state index contributed by atoms with van der Waals surface area (Å²) in [6.07, 6.45) is 0. The minimum atomic E-state index is -0.261. The lowest BCUT2D eigenvalue weighted by atomic mass is 10.2. The lowest BCUT2D eigenvalue weighted by molar-refractivity contribution is -0.880. The Morgan fingerprint density at radius 1 is 1.26 bits per heavy atom. The molecule has 1 amide bonds. The van der Waals surface area contributed by atoms with Crippen molar-refractivity contribution in [2.75, 3.05) is 50.1 Å². The smallest absolute Gasteiger partial charge is 0.262 e. The Bertz CT molecular complexity index is 840. The first-order valence-corrected chi connectivity index (χ1v) is 9.21. The van der Waals surface area contributed by atoms with Crippen LogP contribution < -0.4 is 19.9 Å². The number of ether oxygens (including phenoxy) is 1. The summed E-state index contributed by atoms with van der Waals surface area (Å²) in [6, 6.07) is 14.2. The molecule has 2 aromatic rings. The predicted octanol–water partition coefficient (Wildman–Crippen LogP) is 1.56. The summed E-state index contributed by atoms with van der Waals surface area (Å²) in [5.41, 5.74) is 2.21. The van der Waals surface area contributed by atoms with E-state index in [1.165, 1.54) is 4.90 Å². The largest absolute Gasteiger partial charge is 0.484 e. The van der Waals surface area contributed by atoms with Gasteiger partial charge in [-0.2, -0.15) is 5.26 Å². The van der Waals surface area contributed by atoms with Crippen molar-refractivity contribution < 1.29 is 14.4 Å². The van der Waals surface area contributed by atoms with E-state index >= 15 is 0 Å². The molecule has 1 saturated heterocycles. The number of amides is 1. The zero-order valence-corrected chi connectivity index (χ0v) is 15.9. The highest BCUT2D eigenvalue weighted by molar-refractivity contribution is 6.31. The highest BCUT2D eigenvalue weighted by Gasteiger charge is 2.20. The van der Waals surface area contributed by atoms with Gasteiger partial charge in [0.05, 0.1) is 56.2 Å². The Labute approximate surface area is 163 Å². The third-order valence-corrected chi connectivity index (χ3v) is 4.78. The maximum atomic E-state index is 12.4. The number of rotatable bonds is 5. The molecular formula is C20H22ClN4O2+. The molecule has 2 N–H and O–H groups in total. The minimum Gasteiger partial charge on any atom is -0.484 e. The van der Waals surface area contributed by atoms with Crippen LogP contribution in [-0.2, 0) is 4.79 Å². The summed E-state index contributed by atoms with van der Waals surface area (Å²) in [4.78, 5) is 16.1. The minimum absolute atomic E-state index is 0.120. The molecule has 1 aliphatic heterocycles.